The molecule has 2 aromatic carbocycles. The van der Waals surface area contributed by atoms with Crippen LogP contribution in [0.1, 0.15) is 16.7 Å². The summed E-state index contributed by atoms with van der Waals surface area (Å²) in [5, 5.41) is 3.50. The van der Waals surface area contributed by atoms with E-state index in [0.29, 0.717) is 0 Å². The number of nitrogens with zero attached hydrogens (tertiary/aromatic N) is 3. The zero-order chi connectivity index (χ0) is 20.9. The van der Waals surface area contributed by atoms with E-state index in [-0.39, 0.29) is 33.3 Å². The van der Waals surface area contributed by atoms with Crippen LogP contribution in [0.4, 0.5) is 13.2 Å². The maximum absolute atomic E-state index is 13.1. The van der Waals surface area contributed by atoms with E-state index in [1.54, 1.807) is 0 Å². The number of carbonyl (C=O) groups is 1. The van der Waals surface area contributed by atoms with Gasteiger partial charge in [0, 0.05) is 21.6 Å². The number of halogens is 4. The van der Waals surface area contributed by atoms with Gasteiger partial charge in [-0.1, -0.05) is 22.8 Å². The van der Waals surface area contributed by atoms with Crippen molar-refractivity contribution in [2.75, 3.05) is 7.11 Å². The van der Waals surface area contributed by atoms with Crippen molar-refractivity contribution in [2.24, 2.45) is 5.11 Å². The highest BCUT2D eigenvalue weighted by Crippen LogP contribution is 2.36. The van der Waals surface area contributed by atoms with Gasteiger partial charge >= 0.3 is 12.1 Å². The van der Waals surface area contributed by atoms with Crippen LogP contribution in [0.5, 0.6) is 11.5 Å². The lowest BCUT2D eigenvalue weighted by Gasteiger charge is -2.14. The molecule has 146 valence electrons. The van der Waals surface area contributed by atoms with Gasteiger partial charge in [-0.3, -0.25) is 0 Å². The van der Waals surface area contributed by atoms with Crippen molar-refractivity contribution in [3.05, 3.63) is 74.3 Å². The molecule has 6 nitrogen and oxygen atoms in total. The molecule has 0 radical (unpaired) electrons. The summed E-state index contributed by atoms with van der Waals surface area (Å²) in [6, 6.07) is 7.78. The van der Waals surface area contributed by atoms with Gasteiger partial charge in [0.25, 0.3) is 0 Å². The molecule has 0 aromatic heterocycles. The number of alkyl halides is 3. The third kappa shape index (κ3) is 5.18. The van der Waals surface area contributed by atoms with Crippen LogP contribution in [-0.2, 0) is 15.7 Å². The Kier molecular flexibility index (Phi) is 6.56. The van der Waals surface area contributed by atoms with Crippen LogP contribution in [0.2, 0.25) is 5.02 Å². The molecule has 0 fully saturated rings. The summed E-state index contributed by atoms with van der Waals surface area (Å²) in [4.78, 5) is 14.2. The zero-order valence-electron chi connectivity index (χ0n) is 14.6. The van der Waals surface area contributed by atoms with Gasteiger partial charge in [0.1, 0.15) is 17.2 Å². The maximum atomic E-state index is 13.1. The van der Waals surface area contributed by atoms with Crippen LogP contribution >= 0.6 is 11.6 Å². The second kappa shape index (κ2) is 8.69. The van der Waals surface area contributed by atoms with Gasteiger partial charge < -0.3 is 9.47 Å². The molecule has 0 amide bonds. The number of benzene rings is 2. The minimum Gasteiger partial charge on any atom is -0.466 e. The highest BCUT2D eigenvalue weighted by Gasteiger charge is 2.32. The molecule has 0 saturated heterocycles. The minimum absolute atomic E-state index is 0.0439. The van der Waals surface area contributed by atoms with Crippen molar-refractivity contribution in [1.82, 2.24) is 0 Å². The van der Waals surface area contributed by atoms with Crippen LogP contribution in [0.3, 0.4) is 0 Å². The van der Waals surface area contributed by atoms with E-state index in [0.717, 1.165) is 13.2 Å². The fourth-order valence-electron chi connectivity index (χ4n) is 2.24. The number of aryl methyl sites for hydroxylation is 1. The summed E-state index contributed by atoms with van der Waals surface area (Å²) in [7, 11) is 1.10. The number of esters is 1. The average molecular weight is 412 g/mol. The zero-order valence-corrected chi connectivity index (χ0v) is 15.4. The van der Waals surface area contributed by atoms with Gasteiger partial charge in [0.2, 0.25) is 0 Å². The third-order valence-electron chi connectivity index (χ3n) is 3.56. The highest BCUT2D eigenvalue weighted by molar-refractivity contribution is 6.30. The molecule has 2 rings (SSSR count). The molecule has 0 aliphatic rings. The summed E-state index contributed by atoms with van der Waals surface area (Å²) < 4.78 is 49.4. The smallest absolute Gasteiger partial charge is 0.416 e. The Hall–Kier alpha value is -3.16. The second-order valence-corrected chi connectivity index (χ2v) is 5.91. The van der Waals surface area contributed by atoms with Gasteiger partial charge in [-0.2, -0.15) is 13.2 Å². The van der Waals surface area contributed by atoms with Crippen LogP contribution < -0.4 is 4.74 Å². The Morgan fingerprint density at radius 1 is 1.25 bits per heavy atom. The molecule has 0 spiro atoms. The van der Waals surface area contributed by atoms with Crippen molar-refractivity contribution >= 4 is 23.6 Å². The summed E-state index contributed by atoms with van der Waals surface area (Å²) in [6.45, 7) is 1.34. The van der Waals surface area contributed by atoms with Gasteiger partial charge in [-0.05, 0) is 48.4 Å². The number of azide groups is 1. The SMILES string of the molecule is COC(=O)/C(=C\c1ccc(Cl)cc1Oc1ccc(C)c(C(F)(F)F)c1)N=[N+]=[N-]. The number of methoxy groups -OCH3 is 1. The molecule has 0 aliphatic heterocycles. The van der Waals surface area contributed by atoms with Gasteiger partial charge in [0.05, 0.1) is 12.7 Å². The predicted octanol–water partition coefficient (Wildman–Crippen LogP) is 6.28. The van der Waals surface area contributed by atoms with E-state index in [2.05, 4.69) is 14.8 Å². The van der Waals surface area contributed by atoms with Crippen molar-refractivity contribution in [3.8, 4) is 11.5 Å². The van der Waals surface area contributed by atoms with E-state index >= 15 is 0 Å². The predicted molar refractivity (Wildman–Crippen MR) is 96.8 cm³/mol. The van der Waals surface area contributed by atoms with Gasteiger partial charge in [-0.25, -0.2) is 4.79 Å². The van der Waals surface area contributed by atoms with Crippen LogP contribution in [-0.4, -0.2) is 13.1 Å². The monoisotopic (exact) mass is 411 g/mol. The first-order valence-corrected chi connectivity index (χ1v) is 8.04. The largest absolute Gasteiger partial charge is 0.466 e. The standard InChI is InChI=1S/C18H13ClF3N3O3/c1-10-3-6-13(9-14(10)18(20,21)22)28-16-8-12(19)5-4-11(16)7-15(24-25-23)17(26)27-2/h3-9H,1-2H3/b15-7+. The molecule has 0 saturated carbocycles. The highest BCUT2D eigenvalue weighted by atomic mass is 35.5. The normalized spacial score (nSPS) is 11.6. The summed E-state index contributed by atoms with van der Waals surface area (Å²) in [6.07, 6.45) is -3.36. The van der Waals surface area contributed by atoms with Crippen LogP contribution in [0, 0.1) is 6.92 Å². The number of hydrogen-bond donors (Lipinski definition) is 0. The lowest BCUT2D eigenvalue weighted by atomic mass is 10.1. The molecule has 0 bridgehead atoms. The number of hydrogen-bond acceptors (Lipinski definition) is 4. The molecule has 0 atom stereocenters. The van der Waals surface area contributed by atoms with E-state index in [4.69, 9.17) is 21.9 Å². The van der Waals surface area contributed by atoms with E-state index in [9.17, 15) is 18.0 Å². The summed E-state index contributed by atoms with van der Waals surface area (Å²) in [5.41, 5.74) is 7.67. The van der Waals surface area contributed by atoms with Crippen molar-refractivity contribution < 1.29 is 27.4 Å². The van der Waals surface area contributed by atoms with Gasteiger partial charge in [-0.15, -0.1) is 0 Å². The lowest BCUT2D eigenvalue weighted by Crippen LogP contribution is -2.07. The Labute approximate surface area is 162 Å². The fourth-order valence-corrected chi connectivity index (χ4v) is 2.40. The third-order valence-corrected chi connectivity index (χ3v) is 3.79. The first kappa shape index (κ1) is 21.1. The molecular weight excluding hydrogens is 399 g/mol. The Bertz CT molecular complexity index is 984. The Balaban J connectivity index is 2.52. The second-order valence-electron chi connectivity index (χ2n) is 5.47. The molecule has 0 N–H and O–H groups in total. The first-order valence-electron chi connectivity index (χ1n) is 7.66. The van der Waals surface area contributed by atoms with Crippen LogP contribution in [0.15, 0.2) is 47.2 Å². The van der Waals surface area contributed by atoms with E-state index in [1.165, 1.54) is 43.3 Å². The minimum atomic E-state index is -4.54. The topological polar surface area (TPSA) is 84.3 Å². The molecule has 28 heavy (non-hydrogen) atoms. The van der Waals surface area contributed by atoms with Crippen molar-refractivity contribution in [3.63, 3.8) is 0 Å². The maximum Gasteiger partial charge on any atom is 0.416 e. The molecule has 0 heterocycles. The molecule has 0 unspecified atom stereocenters. The number of ether oxygens (including phenoxy) is 2. The number of carbonyl (C=O) groups excluding carboxylic acids is 1. The van der Waals surface area contributed by atoms with E-state index < -0.39 is 17.7 Å². The summed E-state index contributed by atoms with van der Waals surface area (Å²) in [5.74, 6) is -0.925. The van der Waals surface area contributed by atoms with E-state index in [1.807, 2.05) is 0 Å². The Morgan fingerprint density at radius 3 is 2.57 bits per heavy atom. The first-order chi connectivity index (χ1) is 13.2. The van der Waals surface area contributed by atoms with Gasteiger partial charge in [0.15, 0.2) is 0 Å². The molecular formula is C18H13ClF3N3O3. The summed E-state index contributed by atoms with van der Waals surface area (Å²) >= 11 is 5.95. The number of rotatable bonds is 5. The quantitative estimate of drug-likeness (QED) is 0.191. The fraction of sp³-hybridized carbons (Fsp3) is 0.167. The molecule has 0 aliphatic carbocycles. The van der Waals surface area contributed by atoms with Crippen molar-refractivity contribution in [1.29, 1.82) is 0 Å². The van der Waals surface area contributed by atoms with Crippen LogP contribution in [0.25, 0.3) is 16.5 Å². The lowest BCUT2D eigenvalue weighted by molar-refractivity contribution is -0.138. The molecule has 2 aromatic rings. The molecule has 10 heteroatoms. The van der Waals surface area contributed by atoms with Crippen molar-refractivity contribution in [2.45, 2.75) is 13.1 Å². The Morgan fingerprint density at radius 2 is 1.96 bits per heavy atom. The average Bonchev–Trinajstić information content (AvgIpc) is 2.63.